The molecule has 0 saturated heterocycles. The van der Waals surface area contributed by atoms with Crippen molar-refractivity contribution in [2.45, 2.75) is 31.1 Å². The number of hydrogen-bond acceptors (Lipinski definition) is 4. The molecule has 1 N–H and O–H groups in total. The van der Waals surface area contributed by atoms with Crippen LogP contribution in [0.25, 0.3) is 5.69 Å². The molecule has 2 heterocycles. The number of thiazole rings is 1. The predicted octanol–water partition coefficient (Wildman–Crippen LogP) is 5.50. The van der Waals surface area contributed by atoms with Crippen LogP contribution in [0.15, 0.2) is 35.8 Å². The summed E-state index contributed by atoms with van der Waals surface area (Å²) < 4.78 is 80.2. The highest BCUT2D eigenvalue weighted by Gasteiger charge is 2.41. The summed E-state index contributed by atoms with van der Waals surface area (Å²) in [6.45, 7) is 0. The van der Waals surface area contributed by atoms with Crippen molar-refractivity contribution in [2.75, 3.05) is 5.32 Å². The molecule has 5 nitrogen and oxygen atoms in total. The first kappa shape index (κ1) is 20.4. The van der Waals surface area contributed by atoms with Gasteiger partial charge in [-0.25, -0.2) is 9.67 Å². The third-order valence-electron chi connectivity index (χ3n) is 4.44. The molecule has 1 aliphatic rings. The Morgan fingerprint density at radius 1 is 1.13 bits per heavy atom. The Morgan fingerprint density at radius 3 is 2.50 bits per heavy atom. The summed E-state index contributed by atoms with van der Waals surface area (Å²) in [6.07, 6.45) is -7.17. The Bertz CT molecular complexity index is 1100. The predicted molar refractivity (Wildman–Crippen MR) is 95.6 cm³/mol. The largest absolute Gasteiger partial charge is 0.434 e. The number of anilines is 1. The lowest BCUT2D eigenvalue weighted by molar-refractivity contribution is -0.143. The quantitative estimate of drug-likeness (QED) is 0.539. The van der Waals surface area contributed by atoms with E-state index in [2.05, 4.69) is 15.4 Å². The van der Waals surface area contributed by atoms with E-state index >= 15 is 0 Å². The van der Waals surface area contributed by atoms with Crippen LogP contribution in [-0.2, 0) is 12.4 Å². The molecule has 0 bridgehead atoms. The van der Waals surface area contributed by atoms with E-state index in [0.29, 0.717) is 18.2 Å². The molecule has 0 spiro atoms. The Hall–Kier alpha value is -2.89. The van der Waals surface area contributed by atoms with Crippen molar-refractivity contribution in [3.63, 3.8) is 0 Å². The molecule has 0 aliphatic heterocycles. The summed E-state index contributed by atoms with van der Waals surface area (Å²) in [7, 11) is 0. The van der Waals surface area contributed by atoms with Gasteiger partial charge in [-0.05, 0) is 31.0 Å². The third kappa shape index (κ3) is 4.04. The van der Waals surface area contributed by atoms with E-state index in [4.69, 9.17) is 0 Å². The first-order valence-electron chi connectivity index (χ1n) is 8.63. The first-order valence-corrected chi connectivity index (χ1v) is 9.51. The number of rotatable bonds is 4. The van der Waals surface area contributed by atoms with Gasteiger partial charge in [0.05, 0.1) is 28.7 Å². The molecule has 1 fully saturated rings. The van der Waals surface area contributed by atoms with E-state index in [1.165, 1.54) is 0 Å². The van der Waals surface area contributed by atoms with Gasteiger partial charge >= 0.3 is 12.4 Å². The molecule has 0 atom stereocenters. The second-order valence-electron chi connectivity index (χ2n) is 6.67. The maximum absolute atomic E-state index is 13.7. The van der Waals surface area contributed by atoms with Crippen molar-refractivity contribution in [1.29, 1.82) is 0 Å². The maximum atomic E-state index is 13.7. The molecule has 1 saturated carbocycles. The van der Waals surface area contributed by atoms with Crippen LogP contribution in [0.4, 0.5) is 31.5 Å². The zero-order valence-electron chi connectivity index (χ0n) is 14.9. The molecule has 1 aromatic carbocycles. The molecule has 12 heteroatoms. The Labute approximate surface area is 169 Å². The van der Waals surface area contributed by atoms with Crippen molar-refractivity contribution in [1.82, 2.24) is 14.8 Å². The Kier molecular flexibility index (Phi) is 4.83. The molecule has 4 rings (SSSR count). The minimum absolute atomic E-state index is 0.141. The van der Waals surface area contributed by atoms with Crippen LogP contribution in [0.1, 0.15) is 46.1 Å². The number of halogens is 6. The van der Waals surface area contributed by atoms with Crippen molar-refractivity contribution in [3.05, 3.63) is 58.4 Å². The highest BCUT2D eigenvalue weighted by atomic mass is 32.1. The van der Waals surface area contributed by atoms with E-state index in [9.17, 15) is 31.1 Å². The van der Waals surface area contributed by atoms with E-state index in [-0.39, 0.29) is 9.81 Å². The van der Waals surface area contributed by atoms with Gasteiger partial charge in [0, 0.05) is 11.3 Å². The van der Waals surface area contributed by atoms with Gasteiger partial charge < -0.3 is 0 Å². The van der Waals surface area contributed by atoms with Gasteiger partial charge in [-0.15, -0.1) is 11.3 Å². The summed E-state index contributed by atoms with van der Waals surface area (Å²) in [5.41, 5.74) is -3.13. The average molecular weight is 446 g/mol. The normalized spacial score (nSPS) is 14.7. The van der Waals surface area contributed by atoms with Crippen LogP contribution in [-0.4, -0.2) is 20.7 Å². The summed E-state index contributed by atoms with van der Waals surface area (Å²) in [5, 5.41) is 7.71. The van der Waals surface area contributed by atoms with Gasteiger partial charge in [0.1, 0.15) is 0 Å². The van der Waals surface area contributed by atoms with Crippen LogP contribution in [0.3, 0.4) is 0 Å². The monoisotopic (exact) mass is 446 g/mol. The number of amides is 1. The molecule has 1 aliphatic carbocycles. The standard InChI is InChI=1S/C18H12F6N4OS/c19-17(20,21)10-2-1-3-11(6-10)28-14(18(22,23)24)12(7-25-28)15(29)27-16-26-13(8-30-16)9-4-5-9/h1-3,6-9H,4-5H2,(H,26,27,29). The smallest absolute Gasteiger partial charge is 0.298 e. The van der Waals surface area contributed by atoms with Gasteiger partial charge in [0.15, 0.2) is 10.8 Å². The fourth-order valence-electron chi connectivity index (χ4n) is 2.87. The van der Waals surface area contributed by atoms with Crippen LogP contribution in [0.2, 0.25) is 0 Å². The molecular formula is C18H12F6N4OS. The number of benzene rings is 1. The highest BCUT2D eigenvalue weighted by Crippen LogP contribution is 2.41. The molecule has 1 amide bonds. The average Bonchev–Trinajstić information content (AvgIpc) is 3.22. The van der Waals surface area contributed by atoms with E-state index in [0.717, 1.165) is 48.1 Å². The van der Waals surface area contributed by atoms with Gasteiger partial charge in [-0.3, -0.25) is 10.1 Å². The van der Waals surface area contributed by atoms with Gasteiger partial charge in [-0.2, -0.15) is 31.4 Å². The fourth-order valence-corrected chi connectivity index (χ4v) is 3.66. The SMILES string of the molecule is O=C(Nc1nc(C2CC2)cs1)c1cnn(-c2cccc(C(F)(F)F)c2)c1C(F)(F)F. The van der Waals surface area contributed by atoms with E-state index < -0.39 is 40.8 Å². The van der Waals surface area contributed by atoms with Gasteiger partial charge in [0.25, 0.3) is 5.91 Å². The molecular weight excluding hydrogens is 434 g/mol. The van der Waals surface area contributed by atoms with E-state index in [1.54, 1.807) is 5.38 Å². The summed E-state index contributed by atoms with van der Waals surface area (Å²) in [5.74, 6) is -0.793. The van der Waals surface area contributed by atoms with Crippen molar-refractivity contribution >= 4 is 22.4 Å². The minimum atomic E-state index is -5.04. The van der Waals surface area contributed by atoms with Crippen molar-refractivity contribution < 1.29 is 31.1 Å². The molecule has 158 valence electrons. The summed E-state index contributed by atoms with van der Waals surface area (Å²) in [6, 6.07) is 3.27. The fraction of sp³-hybridized carbons (Fsp3) is 0.278. The summed E-state index contributed by atoms with van der Waals surface area (Å²) >= 11 is 1.09. The number of nitrogens with zero attached hydrogens (tertiary/aromatic N) is 3. The Morgan fingerprint density at radius 2 is 1.87 bits per heavy atom. The second kappa shape index (κ2) is 7.11. The number of carbonyl (C=O) groups excluding carboxylic acids is 1. The van der Waals surface area contributed by atoms with Crippen LogP contribution in [0.5, 0.6) is 0 Å². The number of alkyl halides is 6. The van der Waals surface area contributed by atoms with Crippen molar-refractivity contribution in [3.8, 4) is 5.69 Å². The summed E-state index contributed by atoms with van der Waals surface area (Å²) in [4.78, 5) is 16.7. The van der Waals surface area contributed by atoms with E-state index in [1.807, 2.05) is 0 Å². The maximum Gasteiger partial charge on any atom is 0.434 e. The van der Waals surface area contributed by atoms with Crippen LogP contribution in [0, 0.1) is 0 Å². The van der Waals surface area contributed by atoms with Crippen molar-refractivity contribution in [2.24, 2.45) is 0 Å². The second-order valence-corrected chi connectivity index (χ2v) is 7.53. The molecule has 30 heavy (non-hydrogen) atoms. The lowest BCUT2D eigenvalue weighted by Gasteiger charge is -2.14. The molecule has 3 aromatic rings. The highest BCUT2D eigenvalue weighted by molar-refractivity contribution is 7.14. The lowest BCUT2D eigenvalue weighted by Crippen LogP contribution is -2.21. The number of hydrogen-bond donors (Lipinski definition) is 1. The van der Waals surface area contributed by atoms with Crippen LogP contribution >= 0.6 is 11.3 Å². The van der Waals surface area contributed by atoms with Gasteiger partial charge in [0.2, 0.25) is 0 Å². The van der Waals surface area contributed by atoms with Crippen LogP contribution < -0.4 is 5.32 Å². The molecule has 0 unspecified atom stereocenters. The number of nitrogens with one attached hydrogen (secondary N) is 1. The Balaban J connectivity index is 1.69. The lowest BCUT2D eigenvalue weighted by atomic mass is 10.1. The third-order valence-corrected chi connectivity index (χ3v) is 5.21. The zero-order valence-corrected chi connectivity index (χ0v) is 15.7. The first-order chi connectivity index (χ1) is 14.0. The zero-order chi connectivity index (χ0) is 21.7. The number of carbonyl (C=O) groups is 1. The number of aromatic nitrogens is 3. The molecule has 2 aromatic heterocycles. The van der Waals surface area contributed by atoms with Gasteiger partial charge in [-0.1, -0.05) is 6.07 Å². The topological polar surface area (TPSA) is 59.8 Å². The molecule has 0 radical (unpaired) electrons. The minimum Gasteiger partial charge on any atom is -0.298 e.